The van der Waals surface area contributed by atoms with Gasteiger partial charge in [-0.05, 0) is 99.7 Å². The largest absolute Gasteiger partial charge is 0.0629 e. The lowest BCUT2D eigenvalue weighted by molar-refractivity contribution is 1.62. The van der Waals surface area contributed by atoms with E-state index in [4.69, 9.17) is 15.1 Å². The van der Waals surface area contributed by atoms with Crippen LogP contribution in [0.3, 0.4) is 0 Å². The highest BCUT2D eigenvalue weighted by molar-refractivity contribution is 6.21. The molecule has 9 rings (SSSR count). The van der Waals surface area contributed by atoms with Crippen LogP contribution in [0.15, 0.2) is 182 Å². The Morgan fingerprint density at radius 2 is 0.804 bits per heavy atom. The lowest BCUT2D eigenvalue weighted by atomic mass is 9.85. The summed E-state index contributed by atoms with van der Waals surface area (Å²) in [4.78, 5) is 0. The highest BCUT2D eigenvalue weighted by Crippen LogP contribution is 2.44. The molecule has 0 fully saturated rings. The maximum Gasteiger partial charge on any atom is 0.0629 e. The van der Waals surface area contributed by atoms with Crippen LogP contribution in [0.4, 0.5) is 0 Å². The van der Waals surface area contributed by atoms with Crippen LogP contribution in [0.25, 0.3) is 87.6 Å². The Morgan fingerprint density at radius 3 is 1.48 bits per heavy atom. The van der Waals surface area contributed by atoms with E-state index in [1.54, 1.807) is 12.1 Å². The van der Waals surface area contributed by atoms with Crippen molar-refractivity contribution in [2.75, 3.05) is 0 Å². The average molecular weight is 596 g/mol. The molecule has 0 aromatic heterocycles. The molecule has 9 aromatic carbocycles. The highest BCUT2D eigenvalue weighted by atomic mass is 14.2. The van der Waals surface area contributed by atoms with Gasteiger partial charge in [-0.3, -0.25) is 0 Å². The van der Waals surface area contributed by atoms with E-state index in [0.29, 0.717) is 5.56 Å². The Morgan fingerprint density at radius 1 is 0.304 bits per heavy atom. The minimum absolute atomic E-state index is 0.0922. The van der Waals surface area contributed by atoms with E-state index >= 15 is 0 Å². The molecule has 214 valence electrons. The van der Waals surface area contributed by atoms with Crippen molar-refractivity contribution in [2.45, 2.75) is 0 Å². The standard InChI is InChI=1S/C46H30/c1-2-12-33(13-3-1)45-41-16-6-8-18-43(41)46(44-19-9-7-17-42(44)45)34-24-22-32(23-25-34)39-20-10-15-38-30-37(27-28-40(38)39)36-26-21-31-11-4-5-14-35(31)29-36/h1-30H/i1D,2D,3D,6D,7D,8D,9D,12D,13D,16D,17D,18D,19D. The van der Waals surface area contributed by atoms with Gasteiger partial charge in [0.25, 0.3) is 0 Å². The molecule has 0 saturated heterocycles. The maximum atomic E-state index is 9.20. The van der Waals surface area contributed by atoms with Crippen LogP contribution in [-0.4, -0.2) is 0 Å². The number of hydrogen-bond acceptors (Lipinski definition) is 0. The van der Waals surface area contributed by atoms with Crippen molar-refractivity contribution in [3.63, 3.8) is 0 Å². The van der Waals surface area contributed by atoms with Gasteiger partial charge in [0.2, 0.25) is 0 Å². The van der Waals surface area contributed by atoms with E-state index in [1.165, 1.54) is 0 Å². The van der Waals surface area contributed by atoms with Crippen LogP contribution in [0.1, 0.15) is 17.8 Å². The quantitative estimate of drug-likeness (QED) is 0.178. The maximum absolute atomic E-state index is 9.20. The van der Waals surface area contributed by atoms with Crippen LogP contribution in [0.2, 0.25) is 0 Å². The summed E-state index contributed by atoms with van der Waals surface area (Å²) in [6.45, 7) is 0. The summed E-state index contributed by atoms with van der Waals surface area (Å²) < 4.78 is 114. The fourth-order valence-electron chi connectivity index (χ4n) is 6.44. The Kier molecular flexibility index (Phi) is 3.87. The second-order valence-corrected chi connectivity index (χ2v) is 11.1. The molecular weight excluding hydrogens is 553 g/mol. The monoisotopic (exact) mass is 595 g/mol. The van der Waals surface area contributed by atoms with Gasteiger partial charge in [-0.25, -0.2) is 0 Å². The molecule has 0 heterocycles. The molecule has 46 heavy (non-hydrogen) atoms. The summed E-state index contributed by atoms with van der Waals surface area (Å²) >= 11 is 0. The van der Waals surface area contributed by atoms with Crippen LogP contribution in [0.5, 0.6) is 0 Å². The van der Waals surface area contributed by atoms with Gasteiger partial charge in [0.1, 0.15) is 0 Å². The van der Waals surface area contributed by atoms with Crippen molar-refractivity contribution < 1.29 is 17.8 Å². The van der Waals surface area contributed by atoms with Crippen LogP contribution in [-0.2, 0) is 0 Å². The zero-order chi connectivity index (χ0) is 41.8. The van der Waals surface area contributed by atoms with Crippen LogP contribution >= 0.6 is 0 Å². The minimum Gasteiger partial charge on any atom is -0.0622 e. The molecule has 0 saturated carbocycles. The van der Waals surface area contributed by atoms with E-state index in [9.17, 15) is 2.74 Å². The van der Waals surface area contributed by atoms with E-state index < -0.39 is 84.1 Å². The zero-order valence-corrected chi connectivity index (χ0v) is 24.3. The molecule has 0 heteroatoms. The molecule has 0 radical (unpaired) electrons. The van der Waals surface area contributed by atoms with Gasteiger partial charge < -0.3 is 0 Å². The summed E-state index contributed by atoms with van der Waals surface area (Å²) in [7, 11) is 0. The summed E-state index contributed by atoms with van der Waals surface area (Å²) in [5, 5.41) is 3.62. The predicted molar refractivity (Wildman–Crippen MR) is 198 cm³/mol. The Labute approximate surface area is 287 Å². The minimum atomic E-state index is -0.706. The van der Waals surface area contributed by atoms with Crippen molar-refractivity contribution in [3.8, 4) is 44.5 Å². The molecule has 0 amide bonds. The Hall–Kier alpha value is -5.98. The van der Waals surface area contributed by atoms with Crippen LogP contribution in [0, 0.1) is 0 Å². The van der Waals surface area contributed by atoms with Crippen molar-refractivity contribution in [1.82, 2.24) is 0 Å². The zero-order valence-electron chi connectivity index (χ0n) is 37.3. The van der Waals surface area contributed by atoms with Crippen molar-refractivity contribution in [3.05, 3.63) is 182 Å². The van der Waals surface area contributed by atoms with Gasteiger partial charge in [-0.2, -0.15) is 0 Å². The third kappa shape index (κ3) is 4.38. The summed E-state index contributed by atoms with van der Waals surface area (Å²) in [5.41, 5.74) is 3.64. The third-order valence-electron chi connectivity index (χ3n) is 8.57. The first-order valence-electron chi connectivity index (χ1n) is 21.4. The predicted octanol–water partition coefficient (Wildman–Crippen LogP) is 13.0. The van der Waals surface area contributed by atoms with Crippen molar-refractivity contribution >= 4 is 43.1 Å². The fraction of sp³-hybridized carbons (Fsp3) is 0. The van der Waals surface area contributed by atoms with Gasteiger partial charge in [0.05, 0.1) is 17.8 Å². The lowest BCUT2D eigenvalue weighted by Gasteiger charge is -2.18. The van der Waals surface area contributed by atoms with E-state index in [2.05, 4.69) is 48.5 Å². The fourth-order valence-corrected chi connectivity index (χ4v) is 6.44. The summed E-state index contributed by atoms with van der Waals surface area (Å²) in [6, 6.07) is 25.9. The molecule has 0 spiro atoms. The highest BCUT2D eigenvalue weighted by Gasteiger charge is 2.16. The molecule has 0 nitrogen and oxygen atoms in total. The first kappa shape index (κ1) is 16.4. The van der Waals surface area contributed by atoms with Crippen LogP contribution < -0.4 is 0 Å². The van der Waals surface area contributed by atoms with Gasteiger partial charge in [0.15, 0.2) is 0 Å². The molecule has 0 aliphatic rings. The van der Waals surface area contributed by atoms with E-state index in [-0.39, 0.29) is 32.7 Å². The topological polar surface area (TPSA) is 0 Å². The smallest absolute Gasteiger partial charge is 0.0622 e. The van der Waals surface area contributed by atoms with E-state index in [0.717, 1.165) is 43.8 Å². The number of hydrogen-bond donors (Lipinski definition) is 0. The number of rotatable bonds is 4. The molecule has 0 aliphatic heterocycles. The third-order valence-corrected chi connectivity index (χ3v) is 8.57. The second-order valence-electron chi connectivity index (χ2n) is 11.1. The van der Waals surface area contributed by atoms with Gasteiger partial charge in [0, 0.05) is 0 Å². The molecule has 0 bridgehead atoms. The molecular formula is C46H30. The van der Waals surface area contributed by atoms with Gasteiger partial charge in [-0.15, -0.1) is 0 Å². The Balaban J connectivity index is 1.31. The molecule has 0 aliphatic carbocycles. The first-order valence-corrected chi connectivity index (χ1v) is 14.9. The van der Waals surface area contributed by atoms with Gasteiger partial charge in [-0.1, -0.05) is 170 Å². The summed E-state index contributed by atoms with van der Waals surface area (Å²) in [5.74, 6) is 0. The summed E-state index contributed by atoms with van der Waals surface area (Å²) in [6.07, 6.45) is 0. The first-order chi connectivity index (χ1) is 28.2. The average Bonchev–Trinajstić information content (AvgIpc) is 3.26. The second kappa shape index (κ2) is 10.9. The molecule has 0 N–H and O–H groups in total. The normalized spacial score (nSPS) is 15.4. The van der Waals surface area contributed by atoms with Crippen molar-refractivity contribution in [1.29, 1.82) is 0 Å². The molecule has 0 unspecified atom stereocenters. The number of benzene rings is 9. The molecule has 0 atom stereocenters. The molecule has 9 aromatic rings. The van der Waals surface area contributed by atoms with Crippen molar-refractivity contribution in [2.24, 2.45) is 0 Å². The van der Waals surface area contributed by atoms with E-state index in [1.807, 2.05) is 42.5 Å². The lowest BCUT2D eigenvalue weighted by Crippen LogP contribution is -1.91. The van der Waals surface area contributed by atoms with Gasteiger partial charge >= 0.3 is 0 Å². The number of fused-ring (bicyclic) bond motifs is 4. The Bertz CT molecular complexity index is 3190. The SMILES string of the molecule is [2H]c1c([2H])c([2H])c(-c2c3c([2H])c([2H])c([2H])c([2H])c3c(-c3ccc(-c4cccc5cc(-c6ccc7ccccc7c6)ccc45)cc3)c3c([2H])c([2H])c([2H])c([2H])c23)c([2H])c1[2H].